The Balaban J connectivity index is 1.48. The van der Waals surface area contributed by atoms with Crippen molar-refractivity contribution in [1.29, 1.82) is 0 Å². The lowest BCUT2D eigenvalue weighted by atomic mass is 10.2. The highest BCUT2D eigenvalue weighted by Gasteiger charge is 2.17. The van der Waals surface area contributed by atoms with Gasteiger partial charge in [0.2, 0.25) is 5.91 Å². The van der Waals surface area contributed by atoms with E-state index in [0.717, 1.165) is 22.6 Å². The Bertz CT molecular complexity index is 1160. The van der Waals surface area contributed by atoms with Crippen LogP contribution in [0.4, 0.5) is 0 Å². The molecule has 3 aromatic carbocycles. The zero-order valence-corrected chi connectivity index (χ0v) is 18.6. The number of benzene rings is 3. The topological polar surface area (TPSA) is 69.0 Å². The fraction of sp³-hybridized carbons (Fsp3) is 0.160. The van der Waals surface area contributed by atoms with Gasteiger partial charge in [0.1, 0.15) is 12.4 Å². The SMILES string of the molecule is Cc1ccccc1-n1c(COc2ccccc2)nnc1SCC(=O)NCc1ccccc1. The van der Waals surface area contributed by atoms with Crippen LogP contribution in [0.1, 0.15) is 17.0 Å². The van der Waals surface area contributed by atoms with Gasteiger partial charge in [0.05, 0.1) is 11.4 Å². The molecule has 0 unspecified atom stereocenters. The van der Waals surface area contributed by atoms with Crippen molar-refractivity contribution < 1.29 is 9.53 Å². The van der Waals surface area contributed by atoms with Crippen molar-refractivity contribution in [3.8, 4) is 11.4 Å². The zero-order chi connectivity index (χ0) is 22.2. The lowest BCUT2D eigenvalue weighted by Crippen LogP contribution is -2.24. The van der Waals surface area contributed by atoms with Gasteiger partial charge in [0.25, 0.3) is 0 Å². The van der Waals surface area contributed by atoms with Gasteiger partial charge in [0.15, 0.2) is 11.0 Å². The van der Waals surface area contributed by atoms with Crippen LogP contribution in [-0.4, -0.2) is 26.4 Å². The number of carbonyl (C=O) groups is 1. The average molecular weight is 445 g/mol. The number of amides is 1. The summed E-state index contributed by atoms with van der Waals surface area (Å²) in [5, 5.41) is 12.3. The number of hydrogen-bond donors (Lipinski definition) is 1. The predicted octanol–water partition coefficient (Wildman–Crippen LogP) is 4.56. The van der Waals surface area contributed by atoms with Gasteiger partial charge in [-0.3, -0.25) is 9.36 Å². The summed E-state index contributed by atoms with van der Waals surface area (Å²) in [6.45, 7) is 2.81. The minimum Gasteiger partial charge on any atom is -0.486 e. The van der Waals surface area contributed by atoms with E-state index in [1.165, 1.54) is 11.8 Å². The van der Waals surface area contributed by atoms with Crippen LogP contribution in [0.2, 0.25) is 0 Å². The smallest absolute Gasteiger partial charge is 0.230 e. The molecule has 0 aliphatic heterocycles. The third-order valence-corrected chi connectivity index (χ3v) is 5.76. The van der Waals surface area contributed by atoms with Gasteiger partial charge in [0, 0.05) is 6.54 Å². The Labute approximate surface area is 191 Å². The number of aromatic nitrogens is 3. The van der Waals surface area contributed by atoms with Gasteiger partial charge < -0.3 is 10.1 Å². The standard InChI is InChI=1S/C25H24N4O2S/c1-19-10-8-9-15-22(19)29-23(17-31-21-13-6-3-7-14-21)27-28-25(29)32-18-24(30)26-16-20-11-4-2-5-12-20/h2-15H,16-18H2,1H3,(H,26,30). The van der Waals surface area contributed by atoms with E-state index in [1.807, 2.05) is 96.4 Å². The number of aryl methyl sites for hydroxylation is 1. The van der Waals surface area contributed by atoms with E-state index in [1.54, 1.807) is 0 Å². The first-order valence-corrected chi connectivity index (χ1v) is 11.3. The number of nitrogens with zero attached hydrogens (tertiary/aromatic N) is 3. The molecule has 1 amide bonds. The van der Waals surface area contributed by atoms with Crippen molar-refractivity contribution in [1.82, 2.24) is 20.1 Å². The Hall–Kier alpha value is -3.58. The normalized spacial score (nSPS) is 10.7. The van der Waals surface area contributed by atoms with Gasteiger partial charge in [-0.05, 0) is 36.2 Å². The predicted molar refractivity (Wildman–Crippen MR) is 126 cm³/mol. The molecule has 6 nitrogen and oxygen atoms in total. The van der Waals surface area contributed by atoms with Crippen LogP contribution in [0.5, 0.6) is 5.75 Å². The molecule has 1 aromatic heterocycles. The minimum atomic E-state index is -0.0553. The summed E-state index contributed by atoms with van der Waals surface area (Å²) in [6, 6.07) is 27.5. The maximum Gasteiger partial charge on any atom is 0.230 e. The number of rotatable bonds is 9. The van der Waals surface area contributed by atoms with Gasteiger partial charge in [-0.15, -0.1) is 10.2 Å². The Kier molecular flexibility index (Phi) is 7.19. The van der Waals surface area contributed by atoms with Crippen LogP contribution in [0.3, 0.4) is 0 Å². The van der Waals surface area contributed by atoms with Crippen molar-refractivity contribution in [2.24, 2.45) is 0 Å². The Morgan fingerprint density at radius 2 is 1.62 bits per heavy atom. The van der Waals surface area contributed by atoms with E-state index >= 15 is 0 Å². The van der Waals surface area contributed by atoms with E-state index < -0.39 is 0 Å². The molecule has 0 fully saturated rings. The second-order valence-electron chi connectivity index (χ2n) is 7.17. The summed E-state index contributed by atoms with van der Waals surface area (Å²) in [5.41, 5.74) is 3.12. The molecule has 162 valence electrons. The second-order valence-corrected chi connectivity index (χ2v) is 8.12. The molecule has 4 aromatic rings. The van der Waals surface area contributed by atoms with Crippen LogP contribution in [0.15, 0.2) is 90.1 Å². The number of ether oxygens (including phenoxy) is 1. The molecule has 7 heteroatoms. The molecule has 0 aliphatic rings. The first-order valence-electron chi connectivity index (χ1n) is 10.3. The quantitative estimate of drug-likeness (QED) is 0.383. The van der Waals surface area contributed by atoms with Crippen molar-refractivity contribution >= 4 is 17.7 Å². The van der Waals surface area contributed by atoms with E-state index in [9.17, 15) is 4.79 Å². The molecular weight excluding hydrogens is 420 g/mol. The largest absolute Gasteiger partial charge is 0.486 e. The van der Waals surface area contributed by atoms with E-state index in [2.05, 4.69) is 15.5 Å². The van der Waals surface area contributed by atoms with Crippen molar-refractivity contribution in [3.05, 3.63) is 102 Å². The summed E-state index contributed by atoms with van der Waals surface area (Å²) >= 11 is 1.36. The molecule has 1 N–H and O–H groups in total. The molecule has 0 spiro atoms. The third kappa shape index (κ3) is 5.56. The van der Waals surface area contributed by atoms with Crippen molar-refractivity contribution in [2.75, 3.05) is 5.75 Å². The second kappa shape index (κ2) is 10.6. The fourth-order valence-electron chi connectivity index (χ4n) is 3.19. The molecule has 4 rings (SSSR count). The number of nitrogens with one attached hydrogen (secondary N) is 1. The Morgan fingerprint density at radius 1 is 0.938 bits per heavy atom. The van der Waals surface area contributed by atoms with Crippen LogP contribution >= 0.6 is 11.8 Å². The highest BCUT2D eigenvalue weighted by Crippen LogP contribution is 2.25. The first kappa shape index (κ1) is 21.6. The fourth-order valence-corrected chi connectivity index (χ4v) is 3.98. The van der Waals surface area contributed by atoms with Gasteiger partial charge in [-0.1, -0.05) is 78.5 Å². The summed E-state index contributed by atoms with van der Waals surface area (Å²) < 4.78 is 7.87. The average Bonchev–Trinajstić information content (AvgIpc) is 3.24. The molecule has 0 saturated carbocycles. The molecule has 0 atom stereocenters. The first-order chi connectivity index (χ1) is 15.7. The molecule has 0 bridgehead atoms. The molecule has 0 radical (unpaired) electrons. The number of carbonyl (C=O) groups excluding carboxylic acids is 1. The Morgan fingerprint density at radius 3 is 2.38 bits per heavy atom. The lowest BCUT2D eigenvalue weighted by molar-refractivity contribution is -0.118. The highest BCUT2D eigenvalue weighted by molar-refractivity contribution is 7.99. The monoisotopic (exact) mass is 444 g/mol. The van der Waals surface area contributed by atoms with E-state index in [-0.39, 0.29) is 18.3 Å². The van der Waals surface area contributed by atoms with Gasteiger partial charge in [-0.25, -0.2) is 0 Å². The number of hydrogen-bond acceptors (Lipinski definition) is 5. The lowest BCUT2D eigenvalue weighted by Gasteiger charge is -2.13. The number of thioether (sulfide) groups is 1. The van der Waals surface area contributed by atoms with Crippen molar-refractivity contribution in [2.45, 2.75) is 25.2 Å². The van der Waals surface area contributed by atoms with Crippen molar-refractivity contribution in [3.63, 3.8) is 0 Å². The van der Waals surface area contributed by atoms with E-state index in [0.29, 0.717) is 17.5 Å². The molecule has 0 aliphatic carbocycles. The summed E-state index contributed by atoms with van der Waals surface area (Å²) in [7, 11) is 0. The third-order valence-electron chi connectivity index (χ3n) is 4.83. The van der Waals surface area contributed by atoms with Crippen LogP contribution in [-0.2, 0) is 17.9 Å². The van der Waals surface area contributed by atoms with E-state index in [4.69, 9.17) is 4.74 Å². The van der Waals surface area contributed by atoms with Gasteiger partial charge >= 0.3 is 0 Å². The van der Waals surface area contributed by atoms with Gasteiger partial charge in [-0.2, -0.15) is 0 Å². The highest BCUT2D eigenvalue weighted by atomic mass is 32.2. The number of para-hydroxylation sites is 2. The van der Waals surface area contributed by atoms with Crippen LogP contribution < -0.4 is 10.1 Å². The molecule has 0 saturated heterocycles. The summed E-state index contributed by atoms with van der Waals surface area (Å²) in [6.07, 6.45) is 0. The van der Waals surface area contributed by atoms with Crippen LogP contribution in [0.25, 0.3) is 5.69 Å². The van der Waals surface area contributed by atoms with Crippen LogP contribution in [0, 0.1) is 6.92 Å². The summed E-state index contributed by atoms with van der Waals surface area (Å²) in [4.78, 5) is 12.4. The molecular formula is C25H24N4O2S. The zero-order valence-electron chi connectivity index (χ0n) is 17.8. The maximum atomic E-state index is 12.4. The minimum absolute atomic E-state index is 0.0553. The molecule has 32 heavy (non-hydrogen) atoms. The summed E-state index contributed by atoms with van der Waals surface area (Å²) in [5.74, 6) is 1.63. The maximum absolute atomic E-state index is 12.4. The molecule has 1 heterocycles.